The van der Waals surface area contributed by atoms with Gasteiger partial charge >= 0.3 is 0 Å². The van der Waals surface area contributed by atoms with Crippen LogP contribution in [0.2, 0.25) is 0 Å². The third-order valence-electron chi connectivity index (χ3n) is 1.28. The zero-order chi connectivity index (χ0) is 8.32. The Balaban J connectivity index is 2.92. The minimum atomic E-state index is -3.09. The number of nitrogens with zero attached hydrogens (tertiary/aromatic N) is 1. The number of imidazole rings is 1. The summed E-state index contributed by atoms with van der Waals surface area (Å²) in [5.74, 6) is 0.176. The SMILES string of the molecule is CCCS(=O)(=O)c1cnc[nH]1. The van der Waals surface area contributed by atoms with E-state index in [9.17, 15) is 8.42 Å². The van der Waals surface area contributed by atoms with Gasteiger partial charge in [0.2, 0.25) is 0 Å². The molecule has 1 heterocycles. The van der Waals surface area contributed by atoms with Gasteiger partial charge in [0, 0.05) is 0 Å². The highest BCUT2D eigenvalue weighted by atomic mass is 32.2. The third kappa shape index (κ3) is 1.80. The van der Waals surface area contributed by atoms with Crippen molar-refractivity contribution in [2.24, 2.45) is 0 Å². The lowest BCUT2D eigenvalue weighted by molar-refractivity contribution is 0.591. The Kier molecular flexibility index (Phi) is 2.28. The highest BCUT2D eigenvalue weighted by Crippen LogP contribution is 2.05. The van der Waals surface area contributed by atoms with Gasteiger partial charge in [-0.15, -0.1) is 0 Å². The Bertz CT molecular complexity index is 301. The quantitative estimate of drug-likeness (QED) is 0.729. The summed E-state index contributed by atoms with van der Waals surface area (Å²) in [5.41, 5.74) is 0. The zero-order valence-corrected chi connectivity index (χ0v) is 7.06. The molecule has 0 spiro atoms. The van der Waals surface area contributed by atoms with E-state index >= 15 is 0 Å². The lowest BCUT2D eigenvalue weighted by Gasteiger charge is -1.96. The molecule has 0 aliphatic rings. The molecule has 11 heavy (non-hydrogen) atoms. The van der Waals surface area contributed by atoms with Crippen molar-refractivity contribution in [1.82, 2.24) is 9.97 Å². The van der Waals surface area contributed by atoms with Crippen molar-refractivity contribution in [3.8, 4) is 0 Å². The number of H-pyrrole nitrogens is 1. The normalized spacial score (nSPS) is 11.7. The van der Waals surface area contributed by atoms with Gasteiger partial charge in [-0.2, -0.15) is 0 Å². The molecule has 0 atom stereocenters. The molecule has 0 bridgehead atoms. The molecule has 0 radical (unpaired) electrons. The summed E-state index contributed by atoms with van der Waals surface area (Å²) in [5, 5.41) is 0.208. The van der Waals surface area contributed by atoms with E-state index in [4.69, 9.17) is 0 Å². The minimum Gasteiger partial charge on any atom is -0.336 e. The number of aromatic amines is 1. The highest BCUT2D eigenvalue weighted by Gasteiger charge is 2.13. The van der Waals surface area contributed by atoms with Gasteiger partial charge in [-0.05, 0) is 6.42 Å². The lowest BCUT2D eigenvalue weighted by Crippen LogP contribution is -2.05. The number of hydrogen-bond donors (Lipinski definition) is 1. The van der Waals surface area contributed by atoms with E-state index in [1.54, 1.807) is 0 Å². The van der Waals surface area contributed by atoms with Crippen molar-refractivity contribution in [3.63, 3.8) is 0 Å². The van der Waals surface area contributed by atoms with Crippen LogP contribution in [0, 0.1) is 0 Å². The van der Waals surface area contributed by atoms with Crippen LogP contribution in [-0.2, 0) is 9.84 Å². The van der Waals surface area contributed by atoms with Gasteiger partial charge in [-0.25, -0.2) is 13.4 Å². The Morgan fingerprint density at radius 2 is 2.36 bits per heavy atom. The van der Waals surface area contributed by atoms with Gasteiger partial charge in [0.05, 0.1) is 18.3 Å². The van der Waals surface area contributed by atoms with Crippen LogP contribution in [0.25, 0.3) is 0 Å². The van der Waals surface area contributed by atoms with Gasteiger partial charge in [0.15, 0.2) is 14.9 Å². The van der Waals surface area contributed by atoms with Crippen molar-refractivity contribution >= 4 is 9.84 Å². The molecule has 0 aromatic carbocycles. The molecule has 1 aromatic heterocycles. The van der Waals surface area contributed by atoms with Crippen molar-refractivity contribution in [2.45, 2.75) is 18.4 Å². The number of aromatic nitrogens is 2. The summed E-state index contributed by atoms with van der Waals surface area (Å²) in [4.78, 5) is 6.20. The predicted octanol–water partition coefficient (Wildman–Crippen LogP) is 0.593. The van der Waals surface area contributed by atoms with E-state index < -0.39 is 9.84 Å². The van der Waals surface area contributed by atoms with Gasteiger partial charge in [0.1, 0.15) is 0 Å². The number of hydrogen-bond acceptors (Lipinski definition) is 3. The predicted molar refractivity (Wildman–Crippen MR) is 40.9 cm³/mol. The molecule has 0 saturated carbocycles. The van der Waals surface area contributed by atoms with E-state index in [0.29, 0.717) is 6.42 Å². The van der Waals surface area contributed by atoms with Crippen LogP contribution in [0.15, 0.2) is 17.6 Å². The van der Waals surface area contributed by atoms with Crippen molar-refractivity contribution in [1.29, 1.82) is 0 Å². The fraction of sp³-hybridized carbons (Fsp3) is 0.500. The minimum absolute atomic E-state index is 0.176. The molecule has 5 heteroatoms. The summed E-state index contributed by atoms with van der Waals surface area (Å²) < 4.78 is 22.4. The Morgan fingerprint density at radius 1 is 1.64 bits per heavy atom. The molecule has 0 saturated heterocycles. The van der Waals surface area contributed by atoms with Crippen LogP contribution in [-0.4, -0.2) is 24.1 Å². The first-order valence-electron chi connectivity index (χ1n) is 3.38. The van der Waals surface area contributed by atoms with Crippen LogP contribution in [0.1, 0.15) is 13.3 Å². The summed E-state index contributed by atoms with van der Waals surface area (Å²) in [6.07, 6.45) is 3.31. The van der Waals surface area contributed by atoms with Crippen molar-refractivity contribution in [3.05, 3.63) is 12.5 Å². The monoisotopic (exact) mass is 174 g/mol. The van der Waals surface area contributed by atoms with Crippen LogP contribution >= 0.6 is 0 Å². The second-order valence-corrected chi connectivity index (χ2v) is 4.31. The van der Waals surface area contributed by atoms with E-state index in [1.807, 2.05) is 6.92 Å². The van der Waals surface area contributed by atoms with E-state index in [1.165, 1.54) is 12.5 Å². The van der Waals surface area contributed by atoms with E-state index in [2.05, 4.69) is 9.97 Å². The third-order valence-corrected chi connectivity index (χ3v) is 3.12. The maximum atomic E-state index is 11.2. The molecule has 0 fully saturated rings. The second-order valence-electron chi connectivity index (χ2n) is 2.23. The molecule has 1 N–H and O–H groups in total. The lowest BCUT2D eigenvalue weighted by atomic mass is 10.6. The fourth-order valence-corrected chi connectivity index (χ4v) is 2.00. The maximum Gasteiger partial charge on any atom is 0.195 e. The van der Waals surface area contributed by atoms with E-state index in [-0.39, 0.29) is 10.8 Å². The maximum absolute atomic E-state index is 11.2. The smallest absolute Gasteiger partial charge is 0.195 e. The van der Waals surface area contributed by atoms with Gasteiger partial charge in [0.25, 0.3) is 0 Å². The molecular formula is C6H10N2O2S. The van der Waals surface area contributed by atoms with Gasteiger partial charge in [-0.1, -0.05) is 6.92 Å². The second kappa shape index (κ2) is 3.04. The number of nitrogens with one attached hydrogen (secondary N) is 1. The molecule has 1 aromatic rings. The van der Waals surface area contributed by atoms with Crippen molar-refractivity contribution in [2.75, 3.05) is 5.75 Å². The number of sulfone groups is 1. The largest absolute Gasteiger partial charge is 0.336 e. The summed E-state index contributed by atoms with van der Waals surface area (Å²) in [6, 6.07) is 0. The highest BCUT2D eigenvalue weighted by molar-refractivity contribution is 7.91. The Labute approximate surface area is 65.6 Å². The van der Waals surface area contributed by atoms with Crippen LogP contribution in [0.5, 0.6) is 0 Å². The van der Waals surface area contributed by atoms with Crippen molar-refractivity contribution < 1.29 is 8.42 Å². The van der Waals surface area contributed by atoms with E-state index in [0.717, 1.165) is 0 Å². The van der Waals surface area contributed by atoms with Crippen LogP contribution in [0.4, 0.5) is 0 Å². The zero-order valence-electron chi connectivity index (χ0n) is 6.24. The molecule has 4 nitrogen and oxygen atoms in total. The molecule has 62 valence electrons. The fourth-order valence-electron chi connectivity index (χ4n) is 0.792. The first-order valence-corrected chi connectivity index (χ1v) is 5.03. The van der Waals surface area contributed by atoms with Crippen LogP contribution < -0.4 is 0 Å². The first kappa shape index (κ1) is 8.26. The van der Waals surface area contributed by atoms with Gasteiger partial charge in [-0.3, -0.25) is 0 Å². The molecule has 0 aliphatic heterocycles. The molecule has 1 rings (SSSR count). The molecule has 0 amide bonds. The average molecular weight is 174 g/mol. The molecule has 0 aliphatic carbocycles. The first-order chi connectivity index (χ1) is 5.17. The summed E-state index contributed by atoms with van der Waals surface area (Å²) in [6.45, 7) is 1.83. The van der Waals surface area contributed by atoms with Gasteiger partial charge < -0.3 is 4.98 Å². The number of rotatable bonds is 3. The Hall–Kier alpha value is -0.840. The van der Waals surface area contributed by atoms with Crippen LogP contribution in [0.3, 0.4) is 0 Å². The topological polar surface area (TPSA) is 62.8 Å². The summed E-state index contributed by atoms with van der Waals surface area (Å²) in [7, 11) is -3.09. The Morgan fingerprint density at radius 3 is 2.82 bits per heavy atom. The molecule has 0 unspecified atom stereocenters. The average Bonchev–Trinajstić information content (AvgIpc) is 2.37. The summed E-state index contributed by atoms with van der Waals surface area (Å²) >= 11 is 0. The standard InChI is InChI=1S/C6H10N2O2S/c1-2-3-11(9,10)6-4-7-5-8-6/h4-5H,2-3H2,1H3,(H,7,8). The molecular weight excluding hydrogens is 164 g/mol.